The summed E-state index contributed by atoms with van der Waals surface area (Å²) >= 11 is 0. The van der Waals surface area contributed by atoms with Crippen molar-refractivity contribution in [3.8, 4) is 5.69 Å². The number of rotatable bonds is 6. The third-order valence-corrected chi connectivity index (χ3v) is 3.41. The summed E-state index contributed by atoms with van der Waals surface area (Å²) in [5.74, 6) is -0.346. The Labute approximate surface area is 124 Å². The first-order chi connectivity index (χ1) is 10.2. The second kappa shape index (κ2) is 7.04. The van der Waals surface area contributed by atoms with Gasteiger partial charge in [0.2, 0.25) is 0 Å². The van der Waals surface area contributed by atoms with Gasteiger partial charge in [0.05, 0.1) is 24.1 Å². The fraction of sp³-hybridized carbons (Fsp3) is 0.375. The molecule has 5 nitrogen and oxygen atoms in total. The Morgan fingerprint density at radius 1 is 1.33 bits per heavy atom. The van der Waals surface area contributed by atoms with E-state index in [0.29, 0.717) is 18.2 Å². The highest BCUT2D eigenvalue weighted by atomic mass is 16.5. The van der Waals surface area contributed by atoms with Crippen LogP contribution in [0, 0.1) is 0 Å². The highest BCUT2D eigenvalue weighted by Gasteiger charge is 2.11. The highest BCUT2D eigenvalue weighted by Crippen LogP contribution is 2.18. The molecule has 0 aliphatic rings. The molecule has 0 saturated carbocycles. The first-order valence-electron chi connectivity index (χ1n) is 7.19. The molecular formula is C16H21N3O2. The molecule has 0 saturated heterocycles. The van der Waals surface area contributed by atoms with Crippen LogP contribution in [0.3, 0.4) is 0 Å². The maximum absolute atomic E-state index is 11.6. The van der Waals surface area contributed by atoms with Gasteiger partial charge < -0.3 is 10.1 Å². The van der Waals surface area contributed by atoms with Crippen LogP contribution in [-0.2, 0) is 4.74 Å². The van der Waals surface area contributed by atoms with Gasteiger partial charge in [0.1, 0.15) is 0 Å². The zero-order valence-electron chi connectivity index (χ0n) is 12.7. The van der Waals surface area contributed by atoms with E-state index in [1.165, 1.54) is 11.8 Å². The summed E-state index contributed by atoms with van der Waals surface area (Å²) in [5, 5.41) is 7.48. The van der Waals surface area contributed by atoms with Crippen molar-refractivity contribution in [3.63, 3.8) is 0 Å². The van der Waals surface area contributed by atoms with Crippen LogP contribution in [0.1, 0.15) is 42.2 Å². The number of carbonyl (C=O) groups is 1. The summed E-state index contributed by atoms with van der Waals surface area (Å²) in [6.07, 6.45) is 4.24. The van der Waals surface area contributed by atoms with Gasteiger partial charge in [-0.3, -0.25) is 0 Å². The molecule has 5 heteroatoms. The lowest BCUT2D eigenvalue weighted by Gasteiger charge is -2.14. The number of carbonyl (C=O) groups excluding carboxylic acids is 1. The Kier molecular flexibility index (Phi) is 5.11. The zero-order valence-corrected chi connectivity index (χ0v) is 12.7. The number of esters is 1. The molecule has 1 unspecified atom stereocenters. The molecule has 2 aromatic rings. The molecule has 0 spiro atoms. The van der Waals surface area contributed by atoms with Gasteiger partial charge in [-0.05, 0) is 38.1 Å². The fourth-order valence-corrected chi connectivity index (χ4v) is 2.25. The summed E-state index contributed by atoms with van der Waals surface area (Å²) in [5.41, 5.74) is 2.62. The van der Waals surface area contributed by atoms with Crippen molar-refractivity contribution >= 4 is 5.97 Å². The Balaban J connectivity index is 2.17. The number of nitrogens with one attached hydrogen (secondary N) is 1. The van der Waals surface area contributed by atoms with Crippen molar-refractivity contribution < 1.29 is 9.53 Å². The summed E-state index contributed by atoms with van der Waals surface area (Å²) in [6, 6.07) is 8.50. The minimum atomic E-state index is -0.346. The van der Waals surface area contributed by atoms with Crippen LogP contribution in [0.15, 0.2) is 36.7 Å². The summed E-state index contributed by atoms with van der Waals surface area (Å²) < 4.78 is 6.63. The van der Waals surface area contributed by atoms with E-state index in [9.17, 15) is 4.79 Å². The second-order valence-electron chi connectivity index (χ2n) is 4.74. The molecule has 112 valence electrons. The van der Waals surface area contributed by atoms with E-state index in [-0.39, 0.29) is 5.97 Å². The van der Waals surface area contributed by atoms with Gasteiger partial charge in [-0.15, -0.1) is 0 Å². The van der Waals surface area contributed by atoms with Gasteiger partial charge in [-0.2, -0.15) is 5.10 Å². The second-order valence-corrected chi connectivity index (χ2v) is 4.74. The molecule has 1 aromatic carbocycles. The van der Waals surface area contributed by atoms with Crippen LogP contribution in [0.2, 0.25) is 0 Å². The minimum absolute atomic E-state index is 0.346. The lowest BCUT2D eigenvalue weighted by molar-refractivity contribution is 0.0526. The summed E-state index contributed by atoms with van der Waals surface area (Å²) in [4.78, 5) is 11.6. The van der Waals surface area contributed by atoms with Gasteiger partial charge in [0, 0.05) is 12.2 Å². The molecule has 1 heterocycles. The quantitative estimate of drug-likeness (QED) is 0.830. The minimum Gasteiger partial charge on any atom is -0.462 e. The van der Waals surface area contributed by atoms with Crippen LogP contribution < -0.4 is 5.32 Å². The number of aromatic nitrogens is 2. The molecule has 0 amide bonds. The van der Waals surface area contributed by atoms with Gasteiger partial charge in [0.25, 0.3) is 0 Å². The Morgan fingerprint density at radius 2 is 2.05 bits per heavy atom. The Hall–Kier alpha value is -2.14. The third kappa shape index (κ3) is 3.49. The monoisotopic (exact) mass is 287 g/mol. The molecule has 0 bridgehead atoms. The van der Waals surface area contributed by atoms with E-state index < -0.39 is 0 Å². The topological polar surface area (TPSA) is 56.1 Å². The van der Waals surface area contributed by atoms with E-state index in [2.05, 4.69) is 29.5 Å². The van der Waals surface area contributed by atoms with Crippen molar-refractivity contribution in [2.75, 3.05) is 13.7 Å². The normalized spacial score (nSPS) is 12.1. The Morgan fingerprint density at radius 3 is 2.62 bits per heavy atom. The Bertz CT molecular complexity index is 586. The molecule has 1 N–H and O–H groups in total. The number of hydrogen-bond acceptors (Lipinski definition) is 4. The molecule has 21 heavy (non-hydrogen) atoms. The molecule has 2 rings (SSSR count). The average Bonchev–Trinajstić information content (AvgIpc) is 2.99. The largest absolute Gasteiger partial charge is 0.462 e. The fourth-order valence-electron chi connectivity index (χ4n) is 2.25. The maximum Gasteiger partial charge on any atom is 0.341 e. The maximum atomic E-state index is 11.6. The van der Waals surface area contributed by atoms with E-state index in [1.54, 1.807) is 17.8 Å². The van der Waals surface area contributed by atoms with Crippen molar-refractivity contribution in [1.82, 2.24) is 15.1 Å². The number of nitrogens with zero attached hydrogens (tertiary/aromatic N) is 2. The van der Waals surface area contributed by atoms with Crippen LogP contribution in [0.25, 0.3) is 5.69 Å². The van der Waals surface area contributed by atoms with Gasteiger partial charge in [-0.25, -0.2) is 9.48 Å². The van der Waals surface area contributed by atoms with Crippen molar-refractivity contribution in [2.24, 2.45) is 0 Å². The molecule has 0 aliphatic carbocycles. The van der Waals surface area contributed by atoms with Crippen LogP contribution in [0.5, 0.6) is 0 Å². The molecule has 0 fully saturated rings. The lowest BCUT2D eigenvalue weighted by atomic mass is 10.0. The molecular weight excluding hydrogens is 266 g/mol. The smallest absolute Gasteiger partial charge is 0.341 e. The standard InChI is InChI=1S/C16H21N3O2/c1-4-15(17-3)12-6-8-14(9-7-12)19-11-13(10-18-19)16(20)21-5-2/h6-11,15,17H,4-5H2,1-3H3. The predicted octanol–water partition coefficient (Wildman–Crippen LogP) is 2.72. The number of hydrogen-bond donors (Lipinski definition) is 1. The molecule has 0 radical (unpaired) electrons. The first-order valence-corrected chi connectivity index (χ1v) is 7.19. The summed E-state index contributed by atoms with van der Waals surface area (Å²) in [7, 11) is 1.96. The van der Waals surface area contributed by atoms with E-state index >= 15 is 0 Å². The van der Waals surface area contributed by atoms with E-state index in [0.717, 1.165) is 12.1 Å². The molecule has 1 aromatic heterocycles. The average molecular weight is 287 g/mol. The molecule has 0 aliphatic heterocycles. The first kappa shape index (κ1) is 15.3. The van der Waals surface area contributed by atoms with Gasteiger partial charge in [0.15, 0.2) is 0 Å². The van der Waals surface area contributed by atoms with Crippen LogP contribution in [-0.4, -0.2) is 29.4 Å². The lowest BCUT2D eigenvalue weighted by Crippen LogP contribution is -2.15. The van der Waals surface area contributed by atoms with E-state index in [1.807, 2.05) is 19.2 Å². The van der Waals surface area contributed by atoms with E-state index in [4.69, 9.17) is 4.74 Å². The van der Waals surface area contributed by atoms with Crippen molar-refractivity contribution in [1.29, 1.82) is 0 Å². The third-order valence-electron chi connectivity index (χ3n) is 3.41. The van der Waals surface area contributed by atoms with Gasteiger partial charge >= 0.3 is 5.97 Å². The van der Waals surface area contributed by atoms with Gasteiger partial charge in [-0.1, -0.05) is 19.1 Å². The van der Waals surface area contributed by atoms with Crippen LogP contribution in [0.4, 0.5) is 0 Å². The SMILES string of the molecule is CCOC(=O)c1cnn(-c2ccc(C(CC)NC)cc2)c1. The van der Waals surface area contributed by atoms with Crippen molar-refractivity contribution in [2.45, 2.75) is 26.3 Å². The number of ether oxygens (including phenoxy) is 1. The summed E-state index contributed by atoms with van der Waals surface area (Å²) in [6.45, 7) is 4.29. The molecule has 1 atom stereocenters. The zero-order chi connectivity index (χ0) is 15.2. The number of benzene rings is 1. The van der Waals surface area contributed by atoms with Crippen molar-refractivity contribution in [3.05, 3.63) is 47.8 Å². The predicted molar refractivity (Wildman–Crippen MR) is 81.6 cm³/mol. The highest BCUT2D eigenvalue weighted by molar-refractivity contribution is 5.88. The van der Waals surface area contributed by atoms with Crippen LogP contribution >= 0.6 is 0 Å².